The fourth-order valence-corrected chi connectivity index (χ4v) is 2.20. The quantitative estimate of drug-likeness (QED) is 0.675. The highest BCUT2D eigenvalue weighted by atomic mass is 127. The van der Waals surface area contributed by atoms with E-state index in [-0.39, 0.29) is 17.9 Å². The Labute approximate surface area is 105 Å². The molecule has 1 N–H and O–H groups in total. The second kappa shape index (κ2) is 4.23. The van der Waals surface area contributed by atoms with Gasteiger partial charge in [0, 0.05) is 16.0 Å². The lowest BCUT2D eigenvalue weighted by atomic mass is 10.3. The largest absolute Gasteiger partial charge is 0.394 e. The first kappa shape index (κ1) is 11.1. The Kier molecular flexibility index (Phi) is 3.13. The number of hydrogen-bond donors (Lipinski definition) is 1. The van der Waals surface area contributed by atoms with Crippen LogP contribution in [-0.2, 0) is 0 Å². The maximum atomic E-state index is 9.13. The van der Waals surface area contributed by atoms with Crippen LogP contribution >= 0.6 is 34.2 Å². The molecule has 80 valence electrons. The summed E-state index contributed by atoms with van der Waals surface area (Å²) in [6, 6.07) is -0.0121. The Balaban J connectivity index is 2.69. The van der Waals surface area contributed by atoms with Crippen LogP contribution in [0.15, 0.2) is 12.4 Å². The minimum Gasteiger partial charge on any atom is -0.394 e. The lowest BCUT2D eigenvalue weighted by molar-refractivity contribution is 0.241. The molecule has 0 aliphatic rings. The fourth-order valence-electron chi connectivity index (χ4n) is 1.39. The standard InChI is InChI=1S/C9H9ClIN3O/c1-5(4-15)14-3-7(11)6-2-12-9(10)13-8(6)14/h2-3,5,15H,4H2,1H3/t5-/m1/s1. The summed E-state index contributed by atoms with van der Waals surface area (Å²) in [4.78, 5) is 8.11. The van der Waals surface area contributed by atoms with Gasteiger partial charge in [0.05, 0.1) is 18.0 Å². The molecule has 0 aliphatic carbocycles. The number of nitrogens with zero attached hydrogens (tertiary/aromatic N) is 3. The molecule has 0 saturated carbocycles. The van der Waals surface area contributed by atoms with Gasteiger partial charge in [-0.05, 0) is 41.1 Å². The Morgan fingerprint density at radius 1 is 1.67 bits per heavy atom. The van der Waals surface area contributed by atoms with E-state index in [0.29, 0.717) is 0 Å². The third kappa shape index (κ3) is 1.95. The minimum atomic E-state index is -0.0121. The molecule has 0 aliphatic heterocycles. The van der Waals surface area contributed by atoms with Gasteiger partial charge in [-0.15, -0.1) is 0 Å². The molecular formula is C9H9ClIN3O. The van der Waals surface area contributed by atoms with Gasteiger partial charge in [0.15, 0.2) is 0 Å². The Hall–Kier alpha value is -0.400. The van der Waals surface area contributed by atoms with E-state index in [1.54, 1.807) is 6.20 Å². The molecule has 4 nitrogen and oxygen atoms in total. The molecule has 0 fully saturated rings. The van der Waals surface area contributed by atoms with Crippen molar-refractivity contribution >= 4 is 45.2 Å². The van der Waals surface area contributed by atoms with E-state index in [0.717, 1.165) is 14.6 Å². The zero-order chi connectivity index (χ0) is 11.0. The highest BCUT2D eigenvalue weighted by molar-refractivity contribution is 14.1. The second-order valence-electron chi connectivity index (χ2n) is 3.29. The minimum absolute atomic E-state index is 0.0121. The molecule has 0 aromatic carbocycles. The monoisotopic (exact) mass is 337 g/mol. The van der Waals surface area contributed by atoms with Crippen molar-refractivity contribution in [2.75, 3.05) is 6.61 Å². The summed E-state index contributed by atoms with van der Waals surface area (Å²) in [5, 5.41) is 10.3. The highest BCUT2D eigenvalue weighted by Crippen LogP contribution is 2.24. The number of rotatable bonds is 2. The van der Waals surface area contributed by atoms with Crippen LogP contribution in [0.2, 0.25) is 5.28 Å². The SMILES string of the molecule is C[C@H](CO)n1cc(I)c2cnc(Cl)nc21. The lowest BCUT2D eigenvalue weighted by Gasteiger charge is -2.10. The number of halogens is 2. The van der Waals surface area contributed by atoms with Crippen LogP contribution in [0.25, 0.3) is 11.0 Å². The average Bonchev–Trinajstić information content (AvgIpc) is 2.54. The summed E-state index contributed by atoms with van der Waals surface area (Å²) in [7, 11) is 0. The third-order valence-corrected chi connectivity index (χ3v) is 3.27. The number of aliphatic hydroxyl groups excluding tert-OH is 1. The van der Waals surface area contributed by atoms with Crippen molar-refractivity contribution in [3.05, 3.63) is 21.2 Å². The highest BCUT2D eigenvalue weighted by Gasteiger charge is 2.12. The first-order valence-electron chi connectivity index (χ1n) is 4.43. The van der Waals surface area contributed by atoms with Gasteiger partial charge < -0.3 is 9.67 Å². The van der Waals surface area contributed by atoms with Crippen LogP contribution in [0.1, 0.15) is 13.0 Å². The summed E-state index contributed by atoms with van der Waals surface area (Å²) in [6.07, 6.45) is 3.64. The number of aromatic nitrogens is 3. The molecule has 0 saturated heterocycles. The van der Waals surface area contributed by atoms with Gasteiger partial charge >= 0.3 is 0 Å². The van der Waals surface area contributed by atoms with Crippen molar-refractivity contribution in [3.63, 3.8) is 0 Å². The summed E-state index contributed by atoms with van der Waals surface area (Å²) >= 11 is 7.96. The zero-order valence-corrected chi connectivity index (χ0v) is 10.9. The molecule has 0 amide bonds. The normalized spacial score (nSPS) is 13.3. The Morgan fingerprint density at radius 2 is 2.40 bits per heavy atom. The van der Waals surface area contributed by atoms with Gasteiger partial charge in [-0.1, -0.05) is 0 Å². The van der Waals surface area contributed by atoms with Gasteiger partial charge in [0.25, 0.3) is 0 Å². The molecule has 15 heavy (non-hydrogen) atoms. The first-order chi connectivity index (χ1) is 7.13. The van der Waals surface area contributed by atoms with Crippen LogP contribution in [0.4, 0.5) is 0 Å². The molecular weight excluding hydrogens is 328 g/mol. The molecule has 0 unspecified atom stereocenters. The lowest BCUT2D eigenvalue weighted by Crippen LogP contribution is -2.08. The van der Waals surface area contributed by atoms with Crippen LogP contribution < -0.4 is 0 Å². The van der Waals surface area contributed by atoms with Gasteiger partial charge in [-0.3, -0.25) is 0 Å². The van der Waals surface area contributed by atoms with E-state index in [1.165, 1.54) is 0 Å². The average molecular weight is 338 g/mol. The Morgan fingerprint density at radius 3 is 3.07 bits per heavy atom. The van der Waals surface area contributed by atoms with Gasteiger partial charge in [-0.25, -0.2) is 4.98 Å². The molecule has 0 spiro atoms. The van der Waals surface area contributed by atoms with E-state index >= 15 is 0 Å². The van der Waals surface area contributed by atoms with Crippen molar-refractivity contribution < 1.29 is 5.11 Å². The fraction of sp³-hybridized carbons (Fsp3) is 0.333. The van der Waals surface area contributed by atoms with Crippen molar-refractivity contribution in [3.8, 4) is 0 Å². The van der Waals surface area contributed by atoms with Gasteiger partial charge in [-0.2, -0.15) is 4.98 Å². The van der Waals surface area contributed by atoms with Crippen LogP contribution in [0.3, 0.4) is 0 Å². The maximum absolute atomic E-state index is 9.13. The van der Waals surface area contributed by atoms with E-state index in [2.05, 4.69) is 32.6 Å². The molecule has 2 rings (SSSR count). The molecule has 6 heteroatoms. The summed E-state index contributed by atoms with van der Waals surface area (Å²) < 4.78 is 2.96. The second-order valence-corrected chi connectivity index (χ2v) is 4.79. The van der Waals surface area contributed by atoms with Crippen molar-refractivity contribution in [2.45, 2.75) is 13.0 Å². The third-order valence-electron chi connectivity index (χ3n) is 2.23. The number of hydrogen-bond acceptors (Lipinski definition) is 3. The van der Waals surface area contributed by atoms with E-state index in [4.69, 9.17) is 16.7 Å². The predicted molar refractivity (Wildman–Crippen MR) is 67.1 cm³/mol. The number of fused-ring (bicyclic) bond motifs is 1. The molecule has 2 aromatic heterocycles. The van der Waals surface area contributed by atoms with E-state index in [9.17, 15) is 0 Å². The molecule has 2 aromatic rings. The molecule has 1 atom stereocenters. The molecule has 0 bridgehead atoms. The first-order valence-corrected chi connectivity index (χ1v) is 5.88. The maximum Gasteiger partial charge on any atom is 0.224 e. The Bertz CT molecular complexity index is 499. The van der Waals surface area contributed by atoms with Crippen LogP contribution in [0, 0.1) is 3.57 Å². The summed E-state index contributed by atoms with van der Waals surface area (Å²) in [6.45, 7) is 1.99. The zero-order valence-electron chi connectivity index (χ0n) is 7.98. The van der Waals surface area contributed by atoms with Gasteiger partial charge in [0.1, 0.15) is 5.65 Å². The topological polar surface area (TPSA) is 50.9 Å². The van der Waals surface area contributed by atoms with E-state index < -0.39 is 0 Å². The smallest absolute Gasteiger partial charge is 0.224 e. The van der Waals surface area contributed by atoms with Crippen molar-refractivity contribution in [1.82, 2.24) is 14.5 Å². The van der Waals surface area contributed by atoms with E-state index in [1.807, 2.05) is 17.7 Å². The molecule has 0 radical (unpaired) electrons. The number of aliphatic hydroxyl groups is 1. The van der Waals surface area contributed by atoms with Crippen LogP contribution in [0.5, 0.6) is 0 Å². The van der Waals surface area contributed by atoms with Crippen molar-refractivity contribution in [1.29, 1.82) is 0 Å². The summed E-state index contributed by atoms with van der Waals surface area (Å²) in [5.74, 6) is 0. The predicted octanol–water partition coefficient (Wildman–Crippen LogP) is 2.24. The summed E-state index contributed by atoms with van der Waals surface area (Å²) in [5.41, 5.74) is 0.765. The van der Waals surface area contributed by atoms with Crippen molar-refractivity contribution in [2.24, 2.45) is 0 Å². The molecule has 2 heterocycles. The van der Waals surface area contributed by atoms with Gasteiger partial charge in [0.2, 0.25) is 5.28 Å². The van der Waals surface area contributed by atoms with Crippen LogP contribution in [-0.4, -0.2) is 26.2 Å².